The van der Waals surface area contributed by atoms with Crippen molar-refractivity contribution in [2.75, 3.05) is 38.0 Å². The fraction of sp³-hybridized carbons (Fsp3) is 0.562. The van der Waals surface area contributed by atoms with E-state index in [9.17, 15) is 4.79 Å². The molecule has 110 valence electrons. The first-order chi connectivity index (χ1) is 9.47. The van der Waals surface area contributed by atoms with Crippen molar-refractivity contribution < 1.29 is 4.79 Å². The Morgan fingerprint density at radius 1 is 1.10 bits per heavy atom. The first-order valence-corrected chi connectivity index (χ1v) is 7.28. The quantitative estimate of drug-likeness (QED) is 0.917. The average Bonchev–Trinajstić information content (AvgIpc) is 2.45. The van der Waals surface area contributed by atoms with Crippen molar-refractivity contribution >= 4 is 11.6 Å². The van der Waals surface area contributed by atoms with Gasteiger partial charge in [0.25, 0.3) is 0 Å². The minimum Gasteiger partial charge on any atom is -0.376 e. The van der Waals surface area contributed by atoms with Crippen LogP contribution in [0.5, 0.6) is 0 Å². The van der Waals surface area contributed by atoms with Gasteiger partial charge < -0.3 is 10.2 Å². The molecule has 4 heteroatoms. The lowest BCUT2D eigenvalue weighted by molar-refractivity contribution is -0.131. The predicted octanol–water partition coefficient (Wildman–Crippen LogP) is 2.04. The van der Waals surface area contributed by atoms with Crippen LogP contribution in [0, 0.1) is 0 Å². The fourth-order valence-electron chi connectivity index (χ4n) is 2.47. The van der Waals surface area contributed by atoms with Gasteiger partial charge in [0, 0.05) is 37.4 Å². The van der Waals surface area contributed by atoms with Gasteiger partial charge in [-0.05, 0) is 32.9 Å². The van der Waals surface area contributed by atoms with Crippen molar-refractivity contribution in [1.29, 1.82) is 0 Å². The van der Waals surface area contributed by atoms with Crippen LogP contribution in [0.1, 0.15) is 20.8 Å². The van der Waals surface area contributed by atoms with E-state index in [-0.39, 0.29) is 11.4 Å². The third-order valence-electron chi connectivity index (χ3n) is 3.80. The van der Waals surface area contributed by atoms with Crippen LogP contribution in [-0.2, 0) is 4.79 Å². The highest BCUT2D eigenvalue weighted by Gasteiger charge is 2.27. The Balaban J connectivity index is 1.78. The van der Waals surface area contributed by atoms with Gasteiger partial charge in [-0.25, -0.2) is 0 Å². The molecule has 1 fully saturated rings. The van der Waals surface area contributed by atoms with Crippen molar-refractivity contribution in [3.63, 3.8) is 0 Å². The minimum atomic E-state index is 0.183. The van der Waals surface area contributed by atoms with E-state index in [1.165, 1.54) is 0 Å². The van der Waals surface area contributed by atoms with Gasteiger partial charge in [-0.3, -0.25) is 9.69 Å². The van der Waals surface area contributed by atoms with Crippen LogP contribution in [0.15, 0.2) is 30.3 Å². The predicted molar refractivity (Wildman–Crippen MR) is 82.8 cm³/mol. The molecule has 1 heterocycles. The number of amides is 1. The average molecular weight is 275 g/mol. The van der Waals surface area contributed by atoms with E-state index in [0.29, 0.717) is 6.54 Å². The van der Waals surface area contributed by atoms with Gasteiger partial charge in [0.05, 0.1) is 6.54 Å². The molecule has 0 aliphatic carbocycles. The molecule has 1 aliphatic heterocycles. The monoisotopic (exact) mass is 275 g/mol. The smallest absolute Gasteiger partial charge is 0.241 e. The molecule has 0 unspecified atom stereocenters. The molecule has 1 amide bonds. The van der Waals surface area contributed by atoms with Gasteiger partial charge in [-0.15, -0.1) is 0 Å². The summed E-state index contributed by atoms with van der Waals surface area (Å²) >= 11 is 0. The van der Waals surface area contributed by atoms with Crippen LogP contribution in [-0.4, -0.2) is 54.0 Å². The summed E-state index contributed by atoms with van der Waals surface area (Å²) < 4.78 is 0. The number of nitrogens with one attached hydrogen (secondary N) is 1. The van der Waals surface area contributed by atoms with Crippen molar-refractivity contribution in [2.24, 2.45) is 0 Å². The molecule has 0 atom stereocenters. The second-order valence-electron chi connectivity index (χ2n) is 6.26. The molecule has 20 heavy (non-hydrogen) atoms. The minimum absolute atomic E-state index is 0.183. The zero-order valence-corrected chi connectivity index (χ0v) is 12.7. The molecule has 1 saturated heterocycles. The number of carbonyl (C=O) groups is 1. The number of hydrogen-bond donors (Lipinski definition) is 1. The van der Waals surface area contributed by atoms with Crippen LogP contribution in [0.4, 0.5) is 5.69 Å². The lowest BCUT2D eigenvalue weighted by Gasteiger charge is -2.42. The molecule has 0 spiro atoms. The highest BCUT2D eigenvalue weighted by Crippen LogP contribution is 2.15. The molecular weight excluding hydrogens is 250 g/mol. The van der Waals surface area contributed by atoms with Gasteiger partial charge in [-0.1, -0.05) is 18.2 Å². The van der Waals surface area contributed by atoms with Crippen LogP contribution in [0.25, 0.3) is 0 Å². The van der Waals surface area contributed by atoms with E-state index < -0.39 is 0 Å². The van der Waals surface area contributed by atoms with Gasteiger partial charge >= 0.3 is 0 Å². The van der Waals surface area contributed by atoms with Crippen LogP contribution < -0.4 is 5.32 Å². The topological polar surface area (TPSA) is 35.6 Å². The molecule has 4 nitrogen and oxygen atoms in total. The Morgan fingerprint density at radius 2 is 1.70 bits per heavy atom. The highest BCUT2D eigenvalue weighted by atomic mass is 16.2. The summed E-state index contributed by atoms with van der Waals surface area (Å²) in [6.07, 6.45) is 0. The fourth-order valence-corrected chi connectivity index (χ4v) is 2.47. The third kappa shape index (κ3) is 3.97. The molecular formula is C16H25N3O. The van der Waals surface area contributed by atoms with E-state index in [1.54, 1.807) is 0 Å². The first kappa shape index (κ1) is 14.9. The lowest BCUT2D eigenvalue weighted by atomic mass is 10.1. The van der Waals surface area contributed by atoms with E-state index in [2.05, 4.69) is 31.0 Å². The van der Waals surface area contributed by atoms with Crippen LogP contribution in [0.2, 0.25) is 0 Å². The number of hydrogen-bond acceptors (Lipinski definition) is 3. The molecule has 1 aliphatic rings. The van der Waals surface area contributed by atoms with Gasteiger partial charge in [0.15, 0.2) is 0 Å². The maximum atomic E-state index is 12.2. The van der Waals surface area contributed by atoms with Crippen molar-refractivity contribution in [2.45, 2.75) is 26.3 Å². The van der Waals surface area contributed by atoms with Gasteiger partial charge in [0.2, 0.25) is 5.91 Å². The van der Waals surface area contributed by atoms with Gasteiger partial charge in [0.1, 0.15) is 0 Å². The SMILES string of the molecule is CC(C)(C)N1CCN(C(=O)CNc2ccccc2)CC1. The van der Waals surface area contributed by atoms with Crippen LogP contribution in [0.3, 0.4) is 0 Å². The number of anilines is 1. The van der Waals surface area contributed by atoms with E-state index in [4.69, 9.17) is 0 Å². The van der Waals surface area contributed by atoms with E-state index in [1.807, 2.05) is 35.2 Å². The Labute approximate surface area is 121 Å². The number of carbonyl (C=O) groups excluding carboxylic acids is 1. The van der Waals surface area contributed by atoms with Gasteiger partial charge in [-0.2, -0.15) is 0 Å². The molecule has 0 radical (unpaired) electrons. The summed E-state index contributed by atoms with van der Waals surface area (Å²) in [5.41, 5.74) is 1.19. The number of rotatable bonds is 3. The van der Waals surface area contributed by atoms with E-state index >= 15 is 0 Å². The second kappa shape index (κ2) is 6.27. The lowest BCUT2D eigenvalue weighted by Crippen LogP contribution is -2.55. The maximum absolute atomic E-state index is 12.2. The summed E-state index contributed by atoms with van der Waals surface area (Å²) in [5.74, 6) is 0.183. The van der Waals surface area contributed by atoms with Crippen molar-refractivity contribution in [3.8, 4) is 0 Å². The first-order valence-electron chi connectivity index (χ1n) is 7.28. The van der Waals surface area contributed by atoms with E-state index in [0.717, 1.165) is 31.9 Å². The number of para-hydroxylation sites is 1. The molecule has 0 bridgehead atoms. The molecule has 0 saturated carbocycles. The highest BCUT2D eigenvalue weighted by molar-refractivity contribution is 5.81. The summed E-state index contributed by atoms with van der Waals surface area (Å²) in [5, 5.41) is 3.18. The summed E-state index contributed by atoms with van der Waals surface area (Å²) in [6, 6.07) is 9.86. The Kier molecular flexibility index (Phi) is 4.65. The largest absolute Gasteiger partial charge is 0.376 e. The zero-order valence-electron chi connectivity index (χ0n) is 12.7. The number of piperazine rings is 1. The number of nitrogens with zero attached hydrogens (tertiary/aromatic N) is 2. The summed E-state index contributed by atoms with van der Waals surface area (Å²) in [6.45, 7) is 10.6. The maximum Gasteiger partial charge on any atom is 0.241 e. The zero-order chi connectivity index (χ0) is 14.6. The summed E-state index contributed by atoms with van der Waals surface area (Å²) in [7, 11) is 0. The normalized spacial score (nSPS) is 17.1. The third-order valence-corrected chi connectivity index (χ3v) is 3.80. The van der Waals surface area contributed by atoms with Crippen molar-refractivity contribution in [3.05, 3.63) is 30.3 Å². The molecule has 1 N–H and O–H groups in total. The molecule has 2 rings (SSSR count). The Morgan fingerprint density at radius 3 is 2.25 bits per heavy atom. The Bertz CT molecular complexity index is 431. The molecule has 0 aromatic heterocycles. The Hall–Kier alpha value is -1.55. The number of benzene rings is 1. The second-order valence-corrected chi connectivity index (χ2v) is 6.26. The summed E-state index contributed by atoms with van der Waals surface area (Å²) in [4.78, 5) is 16.6. The van der Waals surface area contributed by atoms with Crippen molar-refractivity contribution in [1.82, 2.24) is 9.80 Å². The standard InChI is InChI=1S/C16H25N3O/c1-16(2,3)19-11-9-18(10-12-19)15(20)13-17-14-7-5-4-6-8-14/h4-8,17H,9-13H2,1-3H3. The molecule has 1 aromatic carbocycles. The van der Waals surface area contributed by atoms with Crippen LogP contribution >= 0.6 is 0 Å². The molecule has 1 aromatic rings.